The van der Waals surface area contributed by atoms with Gasteiger partial charge in [0.1, 0.15) is 0 Å². The molecule has 0 spiro atoms. The normalized spacial score (nSPS) is 13.9. The highest BCUT2D eigenvalue weighted by molar-refractivity contribution is 5.91. The number of carbonyl (C=O) groups is 2. The number of amides is 2. The van der Waals surface area contributed by atoms with Crippen LogP contribution in [0.3, 0.4) is 0 Å². The van der Waals surface area contributed by atoms with E-state index in [4.69, 9.17) is 4.74 Å². The first-order valence-electron chi connectivity index (χ1n) is 8.18. The van der Waals surface area contributed by atoms with E-state index in [1.807, 2.05) is 18.2 Å². The second-order valence-corrected chi connectivity index (χ2v) is 5.84. The Balaban J connectivity index is 2.06. The van der Waals surface area contributed by atoms with Crippen LogP contribution in [0.1, 0.15) is 34.7 Å². The number of aromatic nitrogens is 2. The summed E-state index contributed by atoms with van der Waals surface area (Å²) in [5, 5.41) is 2.68. The Kier molecular flexibility index (Phi) is 4.92. The van der Waals surface area contributed by atoms with Gasteiger partial charge in [0.25, 0.3) is 0 Å². The molecule has 1 heterocycles. The number of aryl methyl sites for hydroxylation is 1. The van der Waals surface area contributed by atoms with Crippen molar-refractivity contribution in [2.45, 2.75) is 25.7 Å². The van der Waals surface area contributed by atoms with E-state index in [-0.39, 0.29) is 11.2 Å². The van der Waals surface area contributed by atoms with Gasteiger partial charge >= 0.3 is 12.0 Å². The van der Waals surface area contributed by atoms with Crippen LogP contribution in [0, 0.1) is 0 Å². The number of para-hydroxylation sites is 1. The molecule has 2 aromatic rings. The predicted molar refractivity (Wildman–Crippen MR) is 92.2 cm³/mol. The zero-order valence-corrected chi connectivity index (χ0v) is 14.3. The van der Waals surface area contributed by atoms with E-state index in [2.05, 4.69) is 15.3 Å². The molecule has 1 aliphatic carbocycles. The molecule has 3 rings (SSSR count). The molecular weight excluding hydrogens is 320 g/mol. The first kappa shape index (κ1) is 16.9. The van der Waals surface area contributed by atoms with Gasteiger partial charge in [0, 0.05) is 18.4 Å². The van der Waals surface area contributed by atoms with Gasteiger partial charge in [-0.3, -0.25) is 0 Å². The lowest BCUT2D eigenvalue weighted by Crippen LogP contribution is -2.34. The molecule has 0 fully saturated rings. The average Bonchev–Trinajstić information content (AvgIpc) is 2.64. The standard InChI is InChI=1S/C18H20N4O3/c1-22-14-11-7-6-10-13(14)20-15(17(23)25-2)16(22)21-18(24)19-12-8-4-3-5-9-12/h3-5,8-9H,6-7,10-11H2,1-2H3,(H,19,24)/b21-16+. The van der Waals surface area contributed by atoms with Crippen LogP contribution in [-0.4, -0.2) is 28.7 Å². The van der Waals surface area contributed by atoms with Crippen molar-refractivity contribution in [3.8, 4) is 0 Å². The van der Waals surface area contributed by atoms with Crippen molar-refractivity contribution in [2.24, 2.45) is 12.0 Å². The molecule has 0 saturated carbocycles. The first-order chi connectivity index (χ1) is 12.1. The number of hydrogen-bond donors (Lipinski definition) is 1. The number of methoxy groups -OCH3 is 1. The second-order valence-electron chi connectivity index (χ2n) is 5.84. The molecule has 2 amide bonds. The fourth-order valence-corrected chi connectivity index (χ4v) is 2.96. The summed E-state index contributed by atoms with van der Waals surface area (Å²) in [5.41, 5.74) is 2.78. The van der Waals surface area contributed by atoms with Crippen molar-refractivity contribution in [3.05, 3.63) is 52.9 Å². The molecule has 0 bridgehead atoms. The van der Waals surface area contributed by atoms with Crippen LogP contribution in [0.4, 0.5) is 10.5 Å². The van der Waals surface area contributed by atoms with Gasteiger partial charge in [-0.1, -0.05) is 18.2 Å². The minimum Gasteiger partial charge on any atom is -0.464 e. The zero-order chi connectivity index (χ0) is 17.8. The summed E-state index contributed by atoms with van der Waals surface area (Å²) in [4.78, 5) is 32.9. The topological polar surface area (TPSA) is 85.6 Å². The number of benzene rings is 1. The Morgan fingerprint density at radius 2 is 1.92 bits per heavy atom. The Labute approximate surface area is 145 Å². The number of nitrogens with one attached hydrogen (secondary N) is 1. The van der Waals surface area contributed by atoms with Gasteiger partial charge in [0.05, 0.1) is 12.8 Å². The first-order valence-corrected chi connectivity index (χ1v) is 8.18. The number of ether oxygens (including phenoxy) is 1. The lowest BCUT2D eigenvalue weighted by molar-refractivity contribution is 0.0590. The predicted octanol–water partition coefficient (Wildman–Crippen LogP) is 2.22. The maximum Gasteiger partial charge on any atom is 0.360 e. The van der Waals surface area contributed by atoms with Crippen LogP contribution in [0.5, 0.6) is 0 Å². The Morgan fingerprint density at radius 3 is 2.64 bits per heavy atom. The second kappa shape index (κ2) is 7.29. The van der Waals surface area contributed by atoms with Crippen molar-refractivity contribution < 1.29 is 14.3 Å². The molecule has 7 nitrogen and oxygen atoms in total. The van der Waals surface area contributed by atoms with Gasteiger partial charge in [-0.25, -0.2) is 14.6 Å². The number of fused-ring (bicyclic) bond motifs is 1. The van der Waals surface area contributed by atoms with Crippen LogP contribution in [-0.2, 0) is 24.6 Å². The molecule has 0 radical (unpaired) electrons. The van der Waals surface area contributed by atoms with E-state index >= 15 is 0 Å². The van der Waals surface area contributed by atoms with E-state index in [1.54, 1.807) is 23.7 Å². The van der Waals surface area contributed by atoms with Crippen LogP contribution in [0.2, 0.25) is 0 Å². The average molecular weight is 340 g/mol. The van der Waals surface area contributed by atoms with Crippen molar-refractivity contribution in [1.29, 1.82) is 0 Å². The van der Waals surface area contributed by atoms with Gasteiger partial charge in [-0.05, 0) is 37.8 Å². The maximum absolute atomic E-state index is 12.3. The van der Waals surface area contributed by atoms with Crippen LogP contribution in [0.25, 0.3) is 0 Å². The molecule has 25 heavy (non-hydrogen) atoms. The van der Waals surface area contributed by atoms with Crippen LogP contribution in [0.15, 0.2) is 35.3 Å². The third kappa shape index (κ3) is 3.60. The smallest absolute Gasteiger partial charge is 0.360 e. The largest absolute Gasteiger partial charge is 0.464 e. The summed E-state index contributed by atoms with van der Waals surface area (Å²) in [6.45, 7) is 0. The van der Waals surface area contributed by atoms with E-state index in [1.165, 1.54) is 7.11 Å². The Morgan fingerprint density at radius 1 is 1.20 bits per heavy atom. The van der Waals surface area contributed by atoms with Gasteiger partial charge in [-0.15, -0.1) is 0 Å². The maximum atomic E-state index is 12.3. The number of rotatable bonds is 2. The minimum absolute atomic E-state index is 0.0638. The highest BCUT2D eigenvalue weighted by Gasteiger charge is 2.21. The monoisotopic (exact) mass is 340 g/mol. The Bertz CT molecular complexity index is 872. The van der Waals surface area contributed by atoms with Gasteiger partial charge < -0.3 is 14.6 Å². The number of hydrogen-bond acceptors (Lipinski definition) is 4. The van der Waals surface area contributed by atoms with Crippen molar-refractivity contribution >= 4 is 17.7 Å². The summed E-state index contributed by atoms with van der Waals surface area (Å²) in [6, 6.07) is 8.45. The van der Waals surface area contributed by atoms with E-state index < -0.39 is 12.0 Å². The minimum atomic E-state index is -0.602. The van der Waals surface area contributed by atoms with Crippen LogP contribution >= 0.6 is 0 Å². The molecule has 0 atom stereocenters. The van der Waals surface area contributed by atoms with Crippen molar-refractivity contribution in [2.75, 3.05) is 12.4 Å². The van der Waals surface area contributed by atoms with Crippen molar-refractivity contribution in [3.63, 3.8) is 0 Å². The summed E-state index contributed by atoms with van der Waals surface area (Å²) in [6.07, 6.45) is 3.74. The highest BCUT2D eigenvalue weighted by Crippen LogP contribution is 2.18. The molecule has 0 unspecified atom stereocenters. The SMILES string of the molecule is COC(=O)c1nc2c(n(C)/c1=N/C(=O)Nc1ccccc1)CCCC2. The zero-order valence-electron chi connectivity index (χ0n) is 14.3. The van der Waals surface area contributed by atoms with E-state index in [0.717, 1.165) is 37.1 Å². The van der Waals surface area contributed by atoms with Crippen LogP contribution < -0.4 is 10.8 Å². The molecular formula is C18H20N4O3. The Hall–Kier alpha value is -2.96. The fourth-order valence-electron chi connectivity index (χ4n) is 2.96. The molecule has 0 saturated heterocycles. The molecule has 7 heteroatoms. The number of nitrogens with zero attached hydrogens (tertiary/aromatic N) is 3. The lowest BCUT2D eigenvalue weighted by atomic mass is 10.00. The number of esters is 1. The third-order valence-corrected chi connectivity index (χ3v) is 4.20. The summed E-state index contributed by atoms with van der Waals surface area (Å²) in [5.74, 6) is -0.602. The van der Waals surface area contributed by atoms with Gasteiger partial charge in [0.15, 0.2) is 11.2 Å². The van der Waals surface area contributed by atoms with Crippen molar-refractivity contribution in [1.82, 2.24) is 9.55 Å². The third-order valence-electron chi connectivity index (χ3n) is 4.20. The molecule has 1 N–H and O–H groups in total. The highest BCUT2D eigenvalue weighted by atomic mass is 16.5. The molecule has 130 valence electrons. The fraction of sp³-hybridized carbons (Fsp3) is 0.333. The quantitative estimate of drug-likeness (QED) is 0.850. The summed E-state index contributed by atoms with van der Waals surface area (Å²) in [7, 11) is 3.09. The molecule has 1 aromatic carbocycles. The number of anilines is 1. The lowest BCUT2D eigenvalue weighted by Gasteiger charge is -2.19. The van der Waals surface area contributed by atoms with Gasteiger partial charge in [0.2, 0.25) is 0 Å². The number of carbonyl (C=O) groups excluding carboxylic acids is 2. The molecule has 1 aromatic heterocycles. The van der Waals surface area contributed by atoms with E-state index in [9.17, 15) is 9.59 Å². The molecule has 0 aliphatic heterocycles. The van der Waals surface area contributed by atoms with Gasteiger partial charge in [-0.2, -0.15) is 4.99 Å². The summed E-state index contributed by atoms with van der Waals surface area (Å²) < 4.78 is 6.59. The number of urea groups is 1. The summed E-state index contributed by atoms with van der Waals surface area (Å²) >= 11 is 0. The van der Waals surface area contributed by atoms with E-state index in [0.29, 0.717) is 5.69 Å². The molecule has 1 aliphatic rings.